The zero-order valence-corrected chi connectivity index (χ0v) is 28.9. The molecule has 0 amide bonds. The molecule has 1 aliphatic rings. The Morgan fingerprint density at radius 2 is 1.26 bits per heavy atom. The van der Waals surface area contributed by atoms with Crippen molar-refractivity contribution < 1.29 is 13.4 Å². The van der Waals surface area contributed by atoms with Crippen LogP contribution in [0.25, 0.3) is 0 Å². The summed E-state index contributed by atoms with van der Waals surface area (Å²) >= 11 is 0. The zero-order valence-electron chi connectivity index (χ0n) is 26.0. The first kappa shape index (κ1) is 32.2. The van der Waals surface area contributed by atoms with Crippen LogP contribution < -0.4 is 10.6 Å². The van der Waals surface area contributed by atoms with Crippen LogP contribution in [0, 0.1) is 0 Å². The van der Waals surface area contributed by atoms with Gasteiger partial charge in [-0.2, -0.15) is 0 Å². The number of hydrogen-bond donors (Lipinski definition) is 0. The highest BCUT2D eigenvalue weighted by atomic mass is 31.1. The van der Waals surface area contributed by atoms with E-state index in [9.17, 15) is 0 Å². The Balaban J connectivity index is 1.87. The van der Waals surface area contributed by atoms with E-state index < -0.39 is 24.8 Å². The van der Waals surface area contributed by atoms with Crippen molar-refractivity contribution in [2.45, 2.75) is 103 Å². The van der Waals surface area contributed by atoms with E-state index in [1.54, 1.807) is 0 Å². The van der Waals surface area contributed by atoms with E-state index in [2.05, 4.69) is 141 Å². The molecule has 3 rings (SSSR count). The second-order valence-electron chi connectivity index (χ2n) is 13.8. The van der Waals surface area contributed by atoms with Crippen molar-refractivity contribution in [1.82, 2.24) is 0 Å². The maximum Gasteiger partial charge on any atom is 0.192 e. The van der Waals surface area contributed by atoms with Crippen LogP contribution in [-0.2, 0) is 13.4 Å². The summed E-state index contributed by atoms with van der Waals surface area (Å²) in [6.45, 7) is 28.3. The van der Waals surface area contributed by atoms with Crippen molar-refractivity contribution >= 4 is 35.4 Å². The molecule has 3 nitrogen and oxygen atoms in total. The summed E-state index contributed by atoms with van der Waals surface area (Å²) in [4.78, 5) is 0. The van der Waals surface area contributed by atoms with Crippen molar-refractivity contribution in [2.75, 3.05) is 6.61 Å². The molecule has 214 valence electrons. The summed E-state index contributed by atoms with van der Waals surface area (Å²) in [7, 11) is -4.83. The van der Waals surface area contributed by atoms with Crippen LogP contribution in [0.1, 0.15) is 54.4 Å². The Morgan fingerprint density at radius 1 is 0.795 bits per heavy atom. The van der Waals surface area contributed by atoms with Crippen molar-refractivity contribution in [3.63, 3.8) is 0 Å². The van der Waals surface area contributed by atoms with E-state index >= 15 is 0 Å². The predicted molar refractivity (Wildman–Crippen MR) is 176 cm³/mol. The minimum Gasteiger partial charge on any atom is -0.413 e. The van der Waals surface area contributed by atoms with Crippen LogP contribution in [-0.4, -0.2) is 35.4 Å². The van der Waals surface area contributed by atoms with Gasteiger partial charge in [-0.05, 0) is 53.8 Å². The third-order valence-electron chi connectivity index (χ3n) is 8.75. The Kier molecular flexibility index (Phi) is 10.5. The van der Waals surface area contributed by atoms with Crippen LogP contribution in [0.5, 0.6) is 0 Å². The lowest BCUT2D eigenvalue weighted by atomic mass is 9.86. The molecule has 0 unspecified atom stereocenters. The van der Waals surface area contributed by atoms with Gasteiger partial charge in [0.05, 0.1) is 27.0 Å². The van der Waals surface area contributed by atoms with Crippen LogP contribution in [0.4, 0.5) is 0 Å². The normalized spacial score (nSPS) is 20.6. The van der Waals surface area contributed by atoms with Gasteiger partial charge in [0.1, 0.15) is 0 Å². The third-order valence-corrected chi connectivity index (χ3v) is 19.7. The molecule has 0 bridgehead atoms. The van der Waals surface area contributed by atoms with Gasteiger partial charge < -0.3 is 13.4 Å². The van der Waals surface area contributed by atoms with E-state index in [0.29, 0.717) is 6.61 Å². The minimum absolute atomic E-state index is 0.0228. The van der Waals surface area contributed by atoms with E-state index in [4.69, 9.17) is 13.4 Å². The van der Waals surface area contributed by atoms with E-state index in [1.165, 1.54) is 16.2 Å². The molecule has 0 N–H and O–H groups in total. The lowest BCUT2D eigenvalue weighted by Gasteiger charge is -2.45. The second-order valence-corrected chi connectivity index (χ2v) is 25.2. The summed E-state index contributed by atoms with van der Waals surface area (Å²) in [6, 6.07) is 21.1. The van der Waals surface area contributed by atoms with Crippen LogP contribution in [0.3, 0.4) is 0 Å². The number of hydrogen-bond acceptors (Lipinski definition) is 3. The fourth-order valence-electron chi connectivity index (χ4n) is 4.23. The molecular weight excluding hydrogens is 532 g/mol. The van der Waals surface area contributed by atoms with Crippen molar-refractivity contribution in [3.05, 3.63) is 84.5 Å². The summed E-state index contributed by atoms with van der Waals surface area (Å²) in [6.07, 6.45) is 4.08. The van der Waals surface area contributed by atoms with Gasteiger partial charge in [0.15, 0.2) is 16.6 Å². The Bertz CT molecular complexity index is 1080. The monoisotopic (exact) mass is 582 g/mol. The first-order chi connectivity index (χ1) is 18.0. The maximum atomic E-state index is 6.98. The van der Waals surface area contributed by atoms with Crippen LogP contribution >= 0.6 is 8.15 Å². The van der Waals surface area contributed by atoms with Gasteiger partial charge >= 0.3 is 0 Å². The molecule has 0 aromatic heterocycles. The smallest absolute Gasteiger partial charge is 0.192 e. The summed E-state index contributed by atoms with van der Waals surface area (Å²) in [5, 5.41) is 2.73. The average molecular weight is 583 g/mol. The predicted octanol–water partition coefficient (Wildman–Crippen LogP) is 9.11. The zero-order chi connectivity index (χ0) is 29.1. The maximum absolute atomic E-state index is 6.98. The van der Waals surface area contributed by atoms with Crippen LogP contribution in [0.2, 0.25) is 36.3 Å². The topological polar surface area (TPSA) is 27.7 Å². The van der Waals surface area contributed by atoms with Crippen molar-refractivity contribution in [1.29, 1.82) is 0 Å². The fourth-order valence-corrected chi connectivity index (χ4v) is 8.61. The molecule has 1 fully saturated rings. The molecular formula is C33H51O3PSi2. The Labute approximate surface area is 242 Å². The molecule has 6 heteroatoms. The lowest BCUT2D eigenvalue weighted by Crippen LogP contribution is -2.49. The second kappa shape index (κ2) is 12.7. The first-order valence-corrected chi connectivity index (χ1v) is 21.4. The number of benzene rings is 2. The van der Waals surface area contributed by atoms with Crippen molar-refractivity contribution in [3.8, 4) is 0 Å². The highest BCUT2D eigenvalue weighted by molar-refractivity contribution is 7.68. The molecule has 39 heavy (non-hydrogen) atoms. The fraction of sp³-hybridized carbons (Fsp3) is 0.515. The SMILES string of the molecule is C=C1/C(=C\COP(c2ccccc2)c2ccccc2)C[C@@H](O[Si](C)(C)C(C)(C)C)C[C@@H]1O[Si](C)(C)C(C)(C)C. The molecule has 1 aliphatic carbocycles. The summed E-state index contributed by atoms with van der Waals surface area (Å²) in [5.41, 5.74) is 2.33. The van der Waals surface area contributed by atoms with Gasteiger partial charge in [-0.25, -0.2) is 0 Å². The van der Waals surface area contributed by atoms with E-state index in [1.807, 2.05) is 0 Å². The molecule has 0 saturated heterocycles. The van der Waals surface area contributed by atoms with Gasteiger partial charge in [0.25, 0.3) is 0 Å². The van der Waals surface area contributed by atoms with Gasteiger partial charge in [0.2, 0.25) is 0 Å². The highest BCUT2D eigenvalue weighted by Gasteiger charge is 2.44. The Morgan fingerprint density at radius 3 is 1.72 bits per heavy atom. The van der Waals surface area contributed by atoms with E-state index in [0.717, 1.165) is 18.4 Å². The minimum atomic E-state index is -1.99. The molecule has 2 aromatic carbocycles. The summed E-state index contributed by atoms with van der Waals surface area (Å²) in [5.74, 6) is 0. The van der Waals surface area contributed by atoms with Gasteiger partial charge in [-0.15, -0.1) is 0 Å². The molecule has 0 radical (unpaired) electrons. The largest absolute Gasteiger partial charge is 0.413 e. The molecule has 2 atom stereocenters. The molecule has 1 saturated carbocycles. The van der Waals surface area contributed by atoms with E-state index in [-0.39, 0.29) is 22.3 Å². The van der Waals surface area contributed by atoms with Gasteiger partial charge in [-0.1, -0.05) is 115 Å². The van der Waals surface area contributed by atoms with Crippen LogP contribution in [0.15, 0.2) is 84.5 Å². The third kappa shape index (κ3) is 8.34. The standard InChI is InChI=1S/C33H51O3PSi2/c1-26-27(22-23-34-37(29-18-14-12-15-19-29)30-20-16-13-17-21-30)24-28(35-38(8,9)32(2,3)4)25-31(26)36-39(10,11)33(5,6)7/h12-22,28,31H,1,23-25H2,2-11H3/b27-22-/t28-,31+/m1/s1. The van der Waals surface area contributed by atoms with Crippen molar-refractivity contribution in [2.24, 2.45) is 0 Å². The average Bonchev–Trinajstić information content (AvgIpc) is 2.83. The molecule has 0 spiro atoms. The lowest BCUT2D eigenvalue weighted by molar-refractivity contribution is 0.0967. The van der Waals surface area contributed by atoms with Gasteiger partial charge in [0, 0.05) is 17.0 Å². The van der Waals surface area contributed by atoms with Gasteiger partial charge in [-0.3, -0.25) is 0 Å². The molecule has 0 aliphatic heterocycles. The number of rotatable bonds is 9. The summed E-state index contributed by atoms with van der Waals surface area (Å²) < 4.78 is 20.6. The quantitative estimate of drug-likeness (QED) is 0.218. The Hall–Kier alpha value is -1.34. The molecule has 2 aromatic rings. The molecule has 0 heterocycles. The highest BCUT2D eigenvalue weighted by Crippen LogP contribution is 2.44. The first-order valence-electron chi connectivity index (χ1n) is 14.3.